The van der Waals surface area contributed by atoms with E-state index in [4.69, 9.17) is 4.74 Å². The van der Waals surface area contributed by atoms with Gasteiger partial charge in [0.25, 0.3) is 5.91 Å². The average molecular weight is 314 g/mol. The van der Waals surface area contributed by atoms with Gasteiger partial charge < -0.3 is 10.1 Å². The molecule has 0 fully saturated rings. The summed E-state index contributed by atoms with van der Waals surface area (Å²) in [4.78, 5) is 12.0. The predicted octanol–water partition coefficient (Wildman–Crippen LogP) is 1.14. The number of carbonyl (C=O) groups is 1. The van der Waals surface area contributed by atoms with E-state index in [-0.39, 0.29) is 23.4 Å². The van der Waals surface area contributed by atoms with Crippen LogP contribution in [-0.4, -0.2) is 40.6 Å². The highest BCUT2D eigenvalue weighted by molar-refractivity contribution is 7.89. The molecular weight excluding hydrogens is 292 g/mol. The van der Waals surface area contributed by atoms with Crippen molar-refractivity contribution in [3.8, 4) is 0 Å². The molecule has 1 amide bonds. The fraction of sp³-hybridized carbons (Fsp3) is 0.500. The number of benzene rings is 1. The van der Waals surface area contributed by atoms with Crippen LogP contribution in [0.25, 0.3) is 0 Å². The van der Waals surface area contributed by atoms with Crippen LogP contribution in [-0.2, 0) is 14.8 Å². The molecule has 0 aromatic heterocycles. The third-order valence-electron chi connectivity index (χ3n) is 3.01. The van der Waals surface area contributed by atoms with Crippen LogP contribution in [0.3, 0.4) is 0 Å². The van der Waals surface area contributed by atoms with Crippen molar-refractivity contribution < 1.29 is 17.9 Å². The van der Waals surface area contributed by atoms with E-state index in [1.165, 1.54) is 31.4 Å². The summed E-state index contributed by atoms with van der Waals surface area (Å²) in [6, 6.07) is 5.92. The molecular formula is C14H22N2O4S. The Morgan fingerprint density at radius 3 is 2.43 bits per heavy atom. The zero-order valence-corrected chi connectivity index (χ0v) is 13.4. The van der Waals surface area contributed by atoms with Crippen molar-refractivity contribution in [2.24, 2.45) is 0 Å². The highest BCUT2D eigenvalue weighted by Crippen LogP contribution is 2.10. The highest BCUT2D eigenvalue weighted by Gasteiger charge is 2.14. The van der Waals surface area contributed by atoms with Crippen molar-refractivity contribution in [3.63, 3.8) is 0 Å². The van der Waals surface area contributed by atoms with E-state index >= 15 is 0 Å². The number of nitrogens with one attached hydrogen (secondary N) is 2. The molecule has 0 unspecified atom stereocenters. The van der Waals surface area contributed by atoms with Crippen LogP contribution in [0.2, 0.25) is 0 Å². The molecule has 1 rings (SSSR count). The molecule has 0 aliphatic carbocycles. The Balaban J connectivity index is 2.75. The zero-order valence-electron chi connectivity index (χ0n) is 12.5. The molecule has 0 bridgehead atoms. The molecule has 2 N–H and O–H groups in total. The monoisotopic (exact) mass is 314 g/mol. The summed E-state index contributed by atoms with van der Waals surface area (Å²) in [7, 11) is -2.07. The van der Waals surface area contributed by atoms with Crippen molar-refractivity contribution in [1.82, 2.24) is 10.0 Å². The number of hydrogen-bond donors (Lipinski definition) is 2. The van der Waals surface area contributed by atoms with Crippen molar-refractivity contribution in [2.45, 2.75) is 31.2 Å². The standard InChI is InChI=1S/C14H22N2O4S/c1-4-11(2)16-14(17)12-5-7-13(8-6-12)21(18,19)15-9-10-20-3/h5-8,11,15H,4,9-10H2,1-3H3,(H,16,17)/t11-/m1/s1. The molecule has 1 atom stereocenters. The molecule has 1 aromatic rings. The second-order valence-corrected chi connectivity index (χ2v) is 6.46. The van der Waals surface area contributed by atoms with E-state index < -0.39 is 10.0 Å². The van der Waals surface area contributed by atoms with Gasteiger partial charge in [-0.05, 0) is 37.6 Å². The minimum atomic E-state index is -3.56. The summed E-state index contributed by atoms with van der Waals surface area (Å²) in [5, 5.41) is 2.83. The van der Waals surface area contributed by atoms with E-state index in [1.54, 1.807) is 0 Å². The van der Waals surface area contributed by atoms with Gasteiger partial charge in [0, 0.05) is 25.3 Å². The number of sulfonamides is 1. The van der Waals surface area contributed by atoms with Gasteiger partial charge in [-0.3, -0.25) is 4.79 Å². The third-order valence-corrected chi connectivity index (χ3v) is 4.49. The molecule has 0 saturated heterocycles. The summed E-state index contributed by atoms with van der Waals surface area (Å²) in [5.74, 6) is -0.208. The van der Waals surface area contributed by atoms with Crippen LogP contribution in [0.15, 0.2) is 29.2 Å². The maximum atomic E-state index is 11.9. The fourth-order valence-corrected chi connectivity index (χ4v) is 2.57. The van der Waals surface area contributed by atoms with E-state index in [1.807, 2.05) is 13.8 Å². The summed E-state index contributed by atoms with van der Waals surface area (Å²) in [6.45, 7) is 4.40. The smallest absolute Gasteiger partial charge is 0.251 e. The molecule has 0 aliphatic heterocycles. The topological polar surface area (TPSA) is 84.5 Å². The summed E-state index contributed by atoms with van der Waals surface area (Å²) < 4.78 is 31.1. The van der Waals surface area contributed by atoms with E-state index in [2.05, 4.69) is 10.0 Å². The summed E-state index contributed by atoms with van der Waals surface area (Å²) in [5.41, 5.74) is 0.436. The molecule has 0 heterocycles. The zero-order chi connectivity index (χ0) is 15.9. The first kappa shape index (κ1) is 17.6. The number of ether oxygens (including phenoxy) is 1. The molecule has 0 radical (unpaired) electrons. The third kappa shape index (κ3) is 5.45. The second-order valence-electron chi connectivity index (χ2n) is 4.70. The number of amides is 1. The first-order valence-electron chi connectivity index (χ1n) is 6.80. The Morgan fingerprint density at radius 1 is 1.29 bits per heavy atom. The number of carbonyl (C=O) groups excluding carboxylic acids is 1. The molecule has 1 aromatic carbocycles. The van der Waals surface area contributed by atoms with E-state index in [9.17, 15) is 13.2 Å². The summed E-state index contributed by atoms with van der Waals surface area (Å²) >= 11 is 0. The van der Waals surface area contributed by atoms with Gasteiger partial charge >= 0.3 is 0 Å². The maximum Gasteiger partial charge on any atom is 0.251 e. The number of hydrogen-bond acceptors (Lipinski definition) is 4. The van der Waals surface area contributed by atoms with Gasteiger partial charge in [0.1, 0.15) is 0 Å². The number of methoxy groups -OCH3 is 1. The molecule has 21 heavy (non-hydrogen) atoms. The van der Waals surface area contributed by atoms with Gasteiger partial charge in [0.15, 0.2) is 0 Å². The first-order valence-corrected chi connectivity index (χ1v) is 8.28. The molecule has 7 heteroatoms. The molecule has 0 saturated carbocycles. The predicted molar refractivity (Wildman–Crippen MR) is 80.7 cm³/mol. The largest absolute Gasteiger partial charge is 0.383 e. The normalized spacial score (nSPS) is 12.9. The van der Waals surface area contributed by atoms with Crippen LogP contribution in [0.4, 0.5) is 0 Å². The lowest BCUT2D eigenvalue weighted by Gasteiger charge is -2.11. The van der Waals surface area contributed by atoms with Gasteiger partial charge in [0.05, 0.1) is 11.5 Å². The minimum absolute atomic E-state index is 0.0802. The van der Waals surface area contributed by atoms with Crippen LogP contribution in [0.5, 0.6) is 0 Å². The average Bonchev–Trinajstić information content (AvgIpc) is 2.47. The SMILES string of the molecule is CC[C@@H](C)NC(=O)c1ccc(S(=O)(=O)NCCOC)cc1. The summed E-state index contributed by atoms with van der Waals surface area (Å²) in [6.07, 6.45) is 0.835. The van der Waals surface area contributed by atoms with Gasteiger partial charge in [-0.25, -0.2) is 13.1 Å². The Hall–Kier alpha value is -1.44. The Kier molecular flexibility index (Phi) is 6.80. The molecule has 0 aliphatic rings. The molecule has 6 nitrogen and oxygen atoms in total. The quantitative estimate of drug-likeness (QED) is 0.705. The Morgan fingerprint density at radius 2 is 1.90 bits per heavy atom. The maximum absolute atomic E-state index is 11.9. The van der Waals surface area contributed by atoms with Crippen molar-refractivity contribution in [1.29, 1.82) is 0 Å². The second kappa shape index (κ2) is 8.11. The van der Waals surface area contributed by atoms with Crippen LogP contribution in [0, 0.1) is 0 Å². The minimum Gasteiger partial charge on any atom is -0.383 e. The van der Waals surface area contributed by atoms with Gasteiger partial charge in [-0.15, -0.1) is 0 Å². The van der Waals surface area contributed by atoms with Gasteiger partial charge in [0.2, 0.25) is 10.0 Å². The lowest BCUT2D eigenvalue weighted by atomic mass is 10.2. The fourth-order valence-electron chi connectivity index (χ4n) is 1.56. The van der Waals surface area contributed by atoms with Gasteiger partial charge in [-0.2, -0.15) is 0 Å². The van der Waals surface area contributed by atoms with Crippen molar-refractivity contribution in [2.75, 3.05) is 20.3 Å². The van der Waals surface area contributed by atoms with Crippen molar-refractivity contribution >= 4 is 15.9 Å². The molecule has 0 spiro atoms. The first-order chi connectivity index (χ1) is 9.90. The Labute approximate surface area is 125 Å². The van der Waals surface area contributed by atoms with Crippen molar-refractivity contribution in [3.05, 3.63) is 29.8 Å². The number of rotatable bonds is 8. The van der Waals surface area contributed by atoms with Crippen LogP contribution in [0.1, 0.15) is 30.6 Å². The highest BCUT2D eigenvalue weighted by atomic mass is 32.2. The van der Waals surface area contributed by atoms with E-state index in [0.717, 1.165) is 6.42 Å². The van der Waals surface area contributed by atoms with Crippen LogP contribution < -0.4 is 10.0 Å². The lowest BCUT2D eigenvalue weighted by Crippen LogP contribution is -2.32. The lowest BCUT2D eigenvalue weighted by molar-refractivity contribution is 0.0939. The van der Waals surface area contributed by atoms with Crippen LogP contribution >= 0.6 is 0 Å². The molecule has 118 valence electrons. The van der Waals surface area contributed by atoms with Gasteiger partial charge in [-0.1, -0.05) is 6.92 Å². The van der Waals surface area contributed by atoms with E-state index in [0.29, 0.717) is 12.2 Å². The Bertz CT molecular complexity index is 555.